The second kappa shape index (κ2) is 14.6. The van der Waals surface area contributed by atoms with Crippen LogP contribution in [-0.4, -0.2) is 82.6 Å². The van der Waals surface area contributed by atoms with E-state index in [0.717, 1.165) is 0 Å². The summed E-state index contributed by atoms with van der Waals surface area (Å²) in [5, 5.41) is 25.5. The van der Waals surface area contributed by atoms with Crippen LogP contribution in [0, 0.1) is 5.92 Å². The number of thioether (sulfide) groups is 1. The Balaban J connectivity index is 5.27. The minimum absolute atomic E-state index is 0.127. The quantitative estimate of drug-likeness (QED) is 0.137. The molecule has 0 spiro atoms. The fraction of sp³-hybridized carbons (Fsp3) is 0.722. The molecule has 5 unspecified atom stereocenters. The lowest BCUT2D eigenvalue weighted by Crippen LogP contribution is -2.59. The number of nitrogens with one attached hydrogen (secondary N) is 3. The van der Waals surface area contributed by atoms with Crippen LogP contribution in [-0.2, 0) is 24.0 Å². The molecule has 9 N–H and O–H groups in total. The summed E-state index contributed by atoms with van der Waals surface area (Å²) in [5.41, 5.74) is 10.9. The molecule has 0 saturated heterocycles. The Morgan fingerprint density at radius 1 is 0.968 bits per heavy atom. The first kappa shape index (κ1) is 28.6. The molecular weight excluding hydrogens is 430 g/mol. The molecule has 0 bridgehead atoms. The molecule has 13 heteroatoms. The van der Waals surface area contributed by atoms with Crippen LogP contribution in [0.5, 0.6) is 0 Å². The molecule has 0 aliphatic rings. The minimum Gasteiger partial charge on any atom is -0.480 e. The number of carboxylic acids is 1. The molecule has 31 heavy (non-hydrogen) atoms. The van der Waals surface area contributed by atoms with Gasteiger partial charge >= 0.3 is 5.97 Å². The van der Waals surface area contributed by atoms with E-state index < -0.39 is 66.8 Å². The van der Waals surface area contributed by atoms with E-state index in [1.165, 1.54) is 11.8 Å². The monoisotopic (exact) mass is 463 g/mol. The molecule has 0 rings (SSSR count). The molecule has 0 aromatic heterocycles. The maximum absolute atomic E-state index is 12.5. The summed E-state index contributed by atoms with van der Waals surface area (Å²) in [6.07, 6.45) is 1.91. The summed E-state index contributed by atoms with van der Waals surface area (Å²) >= 11 is 1.39. The Morgan fingerprint density at radius 3 is 1.94 bits per heavy atom. The van der Waals surface area contributed by atoms with E-state index in [9.17, 15) is 34.2 Å². The average Bonchev–Trinajstić information content (AvgIpc) is 2.71. The molecule has 0 saturated carbocycles. The number of nitrogens with two attached hydrogens (primary N) is 2. The van der Waals surface area contributed by atoms with Crippen LogP contribution < -0.4 is 27.4 Å². The highest BCUT2D eigenvalue weighted by Crippen LogP contribution is 2.06. The minimum atomic E-state index is -1.49. The van der Waals surface area contributed by atoms with Gasteiger partial charge in [-0.05, 0) is 24.3 Å². The third-order valence-electron chi connectivity index (χ3n) is 4.64. The molecule has 0 aromatic rings. The van der Waals surface area contributed by atoms with E-state index in [2.05, 4.69) is 16.0 Å². The summed E-state index contributed by atoms with van der Waals surface area (Å²) in [6, 6.07) is -5.06. The smallest absolute Gasteiger partial charge is 0.326 e. The lowest BCUT2D eigenvalue weighted by atomic mass is 9.99. The van der Waals surface area contributed by atoms with Crippen molar-refractivity contribution in [1.29, 1.82) is 0 Å². The summed E-state index contributed by atoms with van der Waals surface area (Å²) in [4.78, 5) is 59.8. The molecule has 0 heterocycles. The van der Waals surface area contributed by atoms with E-state index in [0.29, 0.717) is 12.2 Å². The van der Waals surface area contributed by atoms with Gasteiger partial charge in [0.2, 0.25) is 23.6 Å². The fourth-order valence-corrected chi connectivity index (χ4v) is 2.89. The van der Waals surface area contributed by atoms with Crippen LogP contribution in [0.2, 0.25) is 0 Å². The zero-order chi connectivity index (χ0) is 24.1. The second-order valence-electron chi connectivity index (χ2n) is 7.07. The van der Waals surface area contributed by atoms with Crippen molar-refractivity contribution < 1.29 is 34.2 Å². The highest BCUT2D eigenvalue weighted by molar-refractivity contribution is 7.98. The van der Waals surface area contributed by atoms with Crippen LogP contribution in [0.1, 0.15) is 33.1 Å². The third kappa shape index (κ3) is 10.5. The van der Waals surface area contributed by atoms with Crippen LogP contribution in [0.25, 0.3) is 0 Å². The number of carboxylic acid groups (broad SMARTS) is 1. The van der Waals surface area contributed by atoms with Crippen molar-refractivity contribution in [3.05, 3.63) is 0 Å². The van der Waals surface area contributed by atoms with Crippen molar-refractivity contribution in [3.63, 3.8) is 0 Å². The topological polar surface area (TPSA) is 214 Å². The van der Waals surface area contributed by atoms with Gasteiger partial charge in [0.1, 0.15) is 18.1 Å². The van der Waals surface area contributed by atoms with Crippen molar-refractivity contribution in [3.8, 4) is 0 Å². The molecule has 4 amide bonds. The number of hydrogen-bond donors (Lipinski definition) is 7. The molecule has 0 aliphatic heterocycles. The van der Waals surface area contributed by atoms with Crippen molar-refractivity contribution in [2.75, 3.05) is 18.6 Å². The van der Waals surface area contributed by atoms with Gasteiger partial charge in [0.15, 0.2) is 0 Å². The summed E-state index contributed by atoms with van der Waals surface area (Å²) in [7, 11) is 0. The van der Waals surface area contributed by atoms with E-state index in [1.54, 1.807) is 13.2 Å². The SMILES string of the molecule is CCC(C)C(N)C(=O)NC(CO)C(=O)NC(CC(N)=O)C(=O)NC(CCSC)C(=O)O. The first-order valence-electron chi connectivity index (χ1n) is 9.75. The Kier molecular flexibility index (Phi) is 13.5. The van der Waals surface area contributed by atoms with Crippen LogP contribution in [0.3, 0.4) is 0 Å². The van der Waals surface area contributed by atoms with Crippen molar-refractivity contribution in [2.45, 2.75) is 57.3 Å². The maximum atomic E-state index is 12.5. The standard InChI is InChI=1S/C18H33N5O7S/c1-4-9(2)14(20)17(28)23-12(8-24)16(27)22-11(7-13(19)25)15(26)21-10(18(29)30)5-6-31-3/h9-12,14,24H,4-8,20H2,1-3H3,(H2,19,25)(H,21,26)(H,22,27)(H,23,28)(H,29,30). The van der Waals surface area contributed by atoms with E-state index in [1.807, 2.05) is 6.92 Å². The van der Waals surface area contributed by atoms with Crippen molar-refractivity contribution >= 4 is 41.4 Å². The van der Waals surface area contributed by atoms with Gasteiger partial charge in [-0.25, -0.2) is 4.79 Å². The van der Waals surface area contributed by atoms with Crippen molar-refractivity contribution in [1.82, 2.24) is 16.0 Å². The Hall–Kier alpha value is -2.38. The Labute approximate surface area is 185 Å². The molecule has 0 radical (unpaired) electrons. The number of rotatable bonds is 15. The van der Waals surface area contributed by atoms with Gasteiger partial charge in [-0.2, -0.15) is 11.8 Å². The largest absolute Gasteiger partial charge is 0.480 e. The normalized spacial score (nSPS) is 15.6. The molecule has 0 aromatic carbocycles. The third-order valence-corrected chi connectivity index (χ3v) is 5.28. The molecular formula is C18H33N5O7S. The Morgan fingerprint density at radius 2 is 1.48 bits per heavy atom. The number of aliphatic hydroxyl groups excluding tert-OH is 1. The van der Waals surface area contributed by atoms with Crippen LogP contribution >= 0.6 is 11.8 Å². The average molecular weight is 464 g/mol. The molecule has 178 valence electrons. The highest BCUT2D eigenvalue weighted by atomic mass is 32.2. The fourth-order valence-electron chi connectivity index (χ4n) is 2.42. The van der Waals surface area contributed by atoms with Gasteiger partial charge in [-0.15, -0.1) is 0 Å². The Bertz CT molecular complexity index is 649. The van der Waals surface area contributed by atoms with Gasteiger partial charge in [-0.1, -0.05) is 20.3 Å². The number of primary amides is 1. The predicted molar refractivity (Wildman–Crippen MR) is 115 cm³/mol. The summed E-state index contributed by atoms with van der Waals surface area (Å²) in [6.45, 7) is 2.80. The number of amides is 4. The zero-order valence-corrected chi connectivity index (χ0v) is 18.7. The number of aliphatic carboxylic acids is 1. The number of hydrogen-bond acceptors (Lipinski definition) is 8. The van der Waals surface area contributed by atoms with Gasteiger partial charge in [0.25, 0.3) is 0 Å². The summed E-state index contributed by atoms with van der Waals surface area (Å²) < 4.78 is 0. The highest BCUT2D eigenvalue weighted by Gasteiger charge is 2.31. The summed E-state index contributed by atoms with van der Waals surface area (Å²) in [5.74, 6) is -4.46. The van der Waals surface area contributed by atoms with Crippen LogP contribution in [0.15, 0.2) is 0 Å². The van der Waals surface area contributed by atoms with E-state index in [4.69, 9.17) is 11.5 Å². The van der Waals surface area contributed by atoms with Crippen LogP contribution in [0.4, 0.5) is 0 Å². The van der Waals surface area contributed by atoms with Gasteiger partial charge < -0.3 is 37.6 Å². The molecule has 12 nitrogen and oxygen atoms in total. The van der Waals surface area contributed by atoms with E-state index in [-0.39, 0.29) is 12.3 Å². The van der Waals surface area contributed by atoms with Gasteiger partial charge in [-0.3, -0.25) is 19.2 Å². The number of carbonyl (C=O) groups is 5. The molecule has 0 fully saturated rings. The maximum Gasteiger partial charge on any atom is 0.326 e. The lowest BCUT2D eigenvalue weighted by Gasteiger charge is -2.24. The molecule has 5 atom stereocenters. The van der Waals surface area contributed by atoms with Gasteiger partial charge in [0, 0.05) is 0 Å². The zero-order valence-electron chi connectivity index (χ0n) is 17.9. The number of aliphatic hydroxyl groups is 1. The first-order chi connectivity index (χ1) is 14.5. The van der Waals surface area contributed by atoms with Gasteiger partial charge in [0.05, 0.1) is 19.1 Å². The molecule has 0 aliphatic carbocycles. The van der Waals surface area contributed by atoms with Crippen molar-refractivity contribution in [2.24, 2.45) is 17.4 Å². The first-order valence-corrected chi connectivity index (χ1v) is 11.1. The lowest BCUT2D eigenvalue weighted by molar-refractivity contribution is -0.142. The predicted octanol–water partition coefficient (Wildman–Crippen LogP) is -2.48. The number of carbonyl (C=O) groups excluding carboxylic acids is 4. The van der Waals surface area contributed by atoms with E-state index >= 15 is 0 Å². The second-order valence-corrected chi connectivity index (χ2v) is 8.05.